The smallest absolute Gasteiger partial charge is 0.151 e. The van der Waals surface area contributed by atoms with E-state index in [-0.39, 0.29) is 0 Å². The maximum Gasteiger partial charge on any atom is 0.151 e. The molecule has 3 heterocycles. The van der Waals surface area contributed by atoms with Crippen molar-refractivity contribution in [1.29, 1.82) is 0 Å². The summed E-state index contributed by atoms with van der Waals surface area (Å²) in [6.07, 6.45) is 0. The molecule has 0 amide bonds. The van der Waals surface area contributed by atoms with E-state index < -0.39 is 0 Å². The molecule has 0 saturated heterocycles. The van der Waals surface area contributed by atoms with Crippen molar-refractivity contribution in [3.05, 3.63) is 150 Å². The summed E-state index contributed by atoms with van der Waals surface area (Å²) in [6, 6.07) is 50.6. The van der Waals surface area contributed by atoms with Crippen LogP contribution < -0.4 is 20.1 Å². The highest BCUT2D eigenvalue weighted by atomic mass is 79.9. The number of nitrogens with one attached hydrogen (secondary N) is 2. The summed E-state index contributed by atoms with van der Waals surface area (Å²) in [7, 11) is 0. The molecule has 0 fully saturated rings. The van der Waals surface area contributed by atoms with Crippen LogP contribution in [0.3, 0.4) is 0 Å². The quantitative estimate of drug-likeness (QED) is 0.194. The molecule has 7 aromatic carbocycles. The molecule has 2 aliphatic rings. The van der Waals surface area contributed by atoms with Crippen LogP contribution in [0.4, 0.5) is 22.7 Å². The first-order chi connectivity index (χ1) is 23.7. The van der Waals surface area contributed by atoms with Crippen molar-refractivity contribution in [2.24, 2.45) is 0 Å². The highest BCUT2D eigenvalue weighted by molar-refractivity contribution is 9.10. The number of benzene rings is 7. The van der Waals surface area contributed by atoms with E-state index >= 15 is 0 Å². The largest absolute Gasteiger partial charge is 0.453 e. The van der Waals surface area contributed by atoms with Crippen LogP contribution in [0, 0.1) is 0 Å². The number of halogens is 1. The van der Waals surface area contributed by atoms with E-state index in [4.69, 9.17) is 9.47 Å². The Hall–Kier alpha value is -5.98. The van der Waals surface area contributed by atoms with Gasteiger partial charge in [-0.3, -0.25) is 0 Å². The van der Waals surface area contributed by atoms with Crippen LogP contribution in [0.15, 0.2) is 150 Å². The van der Waals surface area contributed by atoms with Gasteiger partial charge in [-0.25, -0.2) is 0 Å². The van der Waals surface area contributed by atoms with E-state index in [1.807, 2.05) is 60.7 Å². The van der Waals surface area contributed by atoms with Crippen LogP contribution in [0.2, 0.25) is 0 Å². The molecule has 1 aromatic heterocycles. The molecule has 0 bridgehead atoms. The Kier molecular flexibility index (Phi) is 5.95. The van der Waals surface area contributed by atoms with Crippen molar-refractivity contribution in [2.75, 3.05) is 10.6 Å². The summed E-state index contributed by atoms with van der Waals surface area (Å²) in [6.45, 7) is 0. The van der Waals surface area contributed by atoms with Crippen molar-refractivity contribution in [2.45, 2.75) is 0 Å². The minimum Gasteiger partial charge on any atom is -0.453 e. The second-order valence-corrected chi connectivity index (χ2v) is 13.0. The molecule has 8 aromatic rings. The molecule has 10 rings (SSSR count). The highest BCUT2D eigenvalue weighted by Crippen LogP contribution is 2.49. The van der Waals surface area contributed by atoms with E-state index in [1.54, 1.807) is 0 Å². The summed E-state index contributed by atoms with van der Waals surface area (Å²) < 4.78 is 16.0. The lowest BCUT2D eigenvalue weighted by Crippen LogP contribution is -2.04. The fraction of sp³-hybridized carbons (Fsp3) is 0. The number of rotatable bonds is 3. The Morgan fingerprint density at radius 3 is 1.46 bits per heavy atom. The number of fused-ring (bicyclic) bond motifs is 7. The molecular weight excluding hydrogens is 658 g/mol. The van der Waals surface area contributed by atoms with Gasteiger partial charge in [0.25, 0.3) is 0 Å². The molecule has 0 aliphatic carbocycles. The van der Waals surface area contributed by atoms with E-state index in [0.717, 1.165) is 89.2 Å². The van der Waals surface area contributed by atoms with Crippen molar-refractivity contribution < 1.29 is 9.47 Å². The van der Waals surface area contributed by atoms with Gasteiger partial charge in [-0.05, 0) is 96.1 Å². The number of hydrogen-bond donors (Lipinski definition) is 2. The van der Waals surface area contributed by atoms with E-state index in [9.17, 15) is 0 Å². The molecule has 0 unspecified atom stereocenters. The first kappa shape index (κ1) is 27.2. The van der Waals surface area contributed by atoms with Gasteiger partial charge in [-0.1, -0.05) is 76.6 Å². The zero-order valence-corrected chi connectivity index (χ0v) is 27.1. The Bertz CT molecular complexity index is 2430. The van der Waals surface area contributed by atoms with Crippen LogP contribution >= 0.6 is 15.9 Å². The molecule has 6 heteroatoms. The third kappa shape index (κ3) is 4.23. The fourth-order valence-corrected chi connectivity index (χ4v) is 7.29. The number of hydrogen-bond acceptors (Lipinski definition) is 4. The summed E-state index contributed by atoms with van der Waals surface area (Å²) in [5.41, 5.74) is 11.6. The van der Waals surface area contributed by atoms with Gasteiger partial charge >= 0.3 is 0 Å². The van der Waals surface area contributed by atoms with Crippen molar-refractivity contribution in [3.8, 4) is 50.9 Å². The van der Waals surface area contributed by atoms with Crippen molar-refractivity contribution in [1.82, 2.24) is 4.57 Å². The fourth-order valence-electron chi connectivity index (χ4n) is 7.02. The first-order valence-electron chi connectivity index (χ1n) is 15.9. The topological polar surface area (TPSA) is 47.5 Å². The standard InChI is InChI=1S/C42H26BrN3O2/c43-27-17-19-28(20-18-27)46-35-21-15-25(29-7-5-13-39-41(29)44-33-9-1-3-11-37(33)47-39)23-31(35)32-24-26(16-22-36(32)46)30-8-6-14-40-42(30)45-34-10-2-4-12-38(34)48-40/h1-24,44-45H. The van der Waals surface area contributed by atoms with E-state index in [1.165, 1.54) is 10.8 Å². The van der Waals surface area contributed by atoms with Gasteiger partial charge in [0.05, 0.1) is 33.8 Å². The highest BCUT2D eigenvalue weighted by Gasteiger charge is 2.23. The minimum absolute atomic E-state index is 0.816. The third-order valence-electron chi connectivity index (χ3n) is 9.26. The second-order valence-electron chi connectivity index (χ2n) is 12.1. The Morgan fingerprint density at radius 1 is 0.458 bits per heavy atom. The van der Waals surface area contributed by atoms with Gasteiger partial charge in [0.2, 0.25) is 0 Å². The SMILES string of the molecule is Brc1ccc(-n2c3ccc(-c4cccc5c4Nc4ccccc4O5)cc3c3cc(-c4cccc5c4Nc4ccccc4O5)ccc32)cc1. The third-order valence-corrected chi connectivity index (χ3v) is 9.79. The molecular formula is C42H26BrN3O2. The summed E-state index contributed by atoms with van der Waals surface area (Å²) >= 11 is 3.62. The van der Waals surface area contributed by atoms with Crippen molar-refractivity contribution >= 4 is 60.5 Å². The first-order valence-corrected chi connectivity index (χ1v) is 16.7. The zero-order chi connectivity index (χ0) is 31.8. The van der Waals surface area contributed by atoms with Crippen LogP contribution in [0.5, 0.6) is 23.0 Å². The van der Waals surface area contributed by atoms with Gasteiger partial charge in [0, 0.05) is 32.1 Å². The lowest BCUT2D eigenvalue weighted by atomic mass is 9.97. The van der Waals surface area contributed by atoms with Crippen LogP contribution in [0.25, 0.3) is 49.7 Å². The molecule has 0 radical (unpaired) electrons. The van der Waals surface area contributed by atoms with Crippen LogP contribution in [-0.4, -0.2) is 4.57 Å². The lowest BCUT2D eigenvalue weighted by Gasteiger charge is -2.24. The number of ether oxygens (including phenoxy) is 2. The zero-order valence-electron chi connectivity index (χ0n) is 25.5. The second kappa shape index (κ2) is 10.5. The normalized spacial score (nSPS) is 12.5. The molecule has 5 nitrogen and oxygen atoms in total. The Morgan fingerprint density at radius 2 is 0.938 bits per heavy atom. The van der Waals surface area contributed by atoms with E-state index in [2.05, 4.69) is 116 Å². The van der Waals surface area contributed by atoms with Crippen LogP contribution in [0.1, 0.15) is 0 Å². The summed E-state index contributed by atoms with van der Waals surface area (Å²) in [5.74, 6) is 3.29. The average molecular weight is 685 g/mol. The summed E-state index contributed by atoms with van der Waals surface area (Å²) in [4.78, 5) is 0. The molecule has 0 spiro atoms. The Balaban J connectivity index is 1.17. The minimum atomic E-state index is 0.816. The predicted octanol–water partition coefficient (Wildman–Crippen LogP) is 12.6. The molecule has 0 saturated carbocycles. The van der Waals surface area contributed by atoms with Gasteiger partial charge in [-0.2, -0.15) is 0 Å². The maximum atomic E-state index is 6.31. The Labute approximate surface area is 285 Å². The number of para-hydroxylation sites is 6. The number of aromatic nitrogens is 1. The van der Waals surface area contributed by atoms with Crippen molar-refractivity contribution in [3.63, 3.8) is 0 Å². The molecule has 2 N–H and O–H groups in total. The van der Waals surface area contributed by atoms with Gasteiger partial charge < -0.3 is 24.7 Å². The predicted molar refractivity (Wildman–Crippen MR) is 199 cm³/mol. The number of anilines is 4. The molecule has 0 atom stereocenters. The van der Waals surface area contributed by atoms with Gasteiger partial charge in [0.1, 0.15) is 0 Å². The monoisotopic (exact) mass is 683 g/mol. The molecule has 228 valence electrons. The summed E-state index contributed by atoms with van der Waals surface area (Å²) in [5, 5.41) is 9.62. The average Bonchev–Trinajstić information content (AvgIpc) is 3.46. The molecule has 2 aliphatic heterocycles. The van der Waals surface area contributed by atoms with Crippen LogP contribution in [-0.2, 0) is 0 Å². The van der Waals surface area contributed by atoms with E-state index in [0.29, 0.717) is 0 Å². The number of nitrogens with zero attached hydrogens (tertiary/aromatic N) is 1. The lowest BCUT2D eigenvalue weighted by molar-refractivity contribution is 0.481. The maximum absolute atomic E-state index is 6.31. The molecule has 48 heavy (non-hydrogen) atoms. The van der Waals surface area contributed by atoms with Gasteiger partial charge in [0.15, 0.2) is 23.0 Å². The van der Waals surface area contributed by atoms with Gasteiger partial charge in [-0.15, -0.1) is 0 Å².